The zero-order valence-electron chi connectivity index (χ0n) is 20.9. The lowest BCUT2D eigenvalue weighted by molar-refractivity contribution is 0.404. The van der Waals surface area contributed by atoms with Crippen LogP contribution in [-0.2, 0) is 6.54 Å². The largest absolute Gasteiger partial charge is 0.306 e. The normalized spacial score (nSPS) is 21.2. The van der Waals surface area contributed by atoms with Crippen LogP contribution >= 0.6 is 0 Å². The Balaban J connectivity index is 1.26. The number of benzene rings is 3. The molecule has 6 rings (SSSR count). The van der Waals surface area contributed by atoms with Gasteiger partial charge in [-0.25, -0.2) is 8.78 Å². The van der Waals surface area contributed by atoms with E-state index in [2.05, 4.69) is 54.2 Å². The average Bonchev–Trinajstić information content (AvgIpc) is 3.53. The van der Waals surface area contributed by atoms with Crippen molar-refractivity contribution < 1.29 is 8.78 Å². The van der Waals surface area contributed by atoms with Gasteiger partial charge in [0.25, 0.3) is 0 Å². The Morgan fingerprint density at radius 3 is 2.51 bits per heavy atom. The van der Waals surface area contributed by atoms with Crippen molar-refractivity contribution in [1.82, 2.24) is 10.7 Å². The summed E-state index contributed by atoms with van der Waals surface area (Å²) in [6, 6.07) is 24.2. The molecule has 2 aliphatic carbocycles. The number of halogens is 2. The van der Waals surface area contributed by atoms with E-state index in [4.69, 9.17) is 0 Å². The number of hydrogen-bond acceptors (Lipinski definition) is 3. The van der Waals surface area contributed by atoms with Gasteiger partial charge in [0.2, 0.25) is 0 Å². The van der Waals surface area contributed by atoms with Gasteiger partial charge in [-0.3, -0.25) is 5.01 Å². The summed E-state index contributed by atoms with van der Waals surface area (Å²) < 4.78 is 27.8. The first kappa shape index (κ1) is 23.7. The number of rotatable bonds is 7. The highest BCUT2D eigenvalue weighted by molar-refractivity contribution is 5.64. The summed E-state index contributed by atoms with van der Waals surface area (Å²) in [6.07, 6.45) is 7.53. The molecule has 0 bridgehead atoms. The number of hydrogen-bond donors (Lipinski definition) is 2. The Hall–Kier alpha value is -3.70. The van der Waals surface area contributed by atoms with Crippen molar-refractivity contribution in [1.29, 1.82) is 0 Å². The standard InChI is InChI=1S/C32H31F2N3/c1-21-28-20-36-37(27-15-13-26(33)14-16-27)31(28)18-24-12-11-23(32(21)24)17-30(22-7-3-2-4-8-22)35-19-25-9-5-6-10-29(25)34/h2-10,13-16,18,20-21,23,30,35-36H,11-12,17,19H2,1H3/t21-,23+,30?/m0/s1. The van der Waals surface area contributed by atoms with Gasteiger partial charge < -0.3 is 10.7 Å². The second-order valence-corrected chi connectivity index (χ2v) is 10.2. The van der Waals surface area contributed by atoms with Gasteiger partial charge in [0.15, 0.2) is 0 Å². The van der Waals surface area contributed by atoms with Crippen LogP contribution in [0.2, 0.25) is 0 Å². The van der Waals surface area contributed by atoms with Gasteiger partial charge in [-0.05, 0) is 72.7 Å². The van der Waals surface area contributed by atoms with E-state index in [9.17, 15) is 8.78 Å². The first-order chi connectivity index (χ1) is 18.1. The predicted molar refractivity (Wildman–Crippen MR) is 144 cm³/mol. The summed E-state index contributed by atoms with van der Waals surface area (Å²) in [5.74, 6) is 0.338. The van der Waals surface area contributed by atoms with Crippen molar-refractivity contribution in [3.8, 4) is 0 Å². The third kappa shape index (κ3) is 4.60. The number of allylic oxidation sites excluding steroid dienone is 4. The number of nitrogens with one attached hydrogen (secondary N) is 2. The molecule has 0 radical (unpaired) electrons. The summed E-state index contributed by atoms with van der Waals surface area (Å²) in [4.78, 5) is 0. The van der Waals surface area contributed by atoms with E-state index in [1.807, 2.05) is 23.2 Å². The van der Waals surface area contributed by atoms with Crippen molar-refractivity contribution in [2.45, 2.75) is 38.8 Å². The predicted octanol–water partition coefficient (Wildman–Crippen LogP) is 7.33. The van der Waals surface area contributed by atoms with Gasteiger partial charge in [-0.1, -0.05) is 61.0 Å². The van der Waals surface area contributed by atoms with Crippen LogP contribution in [0.1, 0.15) is 43.4 Å². The second-order valence-electron chi connectivity index (χ2n) is 10.2. The Labute approximate surface area is 217 Å². The fraction of sp³-hybridized carbons (Fsp3) is 0.250. The zero-order valence-corrected chi connectivity index (χ0v) is 20.9. The van der Waals surface area contributed by atoms with E-state index in [0.717, 1.165) is 30.6 Å². The van der Waals surface area contributed by atoms with Gasteiger partial charge in [0.05, 0.1) is 11.4 Å². The van der Waals surface area contributed by atoms with E-state index in [-0.39, 0.29) is 17.7 Å². The molecule has 37 heavy (non-hydrogen) atoms. The lowest BCUT2D eigenvalue weighted by Crippen LogP contribution is -2.30. The average molecular weight is 496 g/mol. The summed E-state index contributed by atoms with van der Waals surface area (Å²) in [5, 5.41) is 5.71. The van der Waals surface area contributed by atoms with E-state index < -0.39 is 0 Å². The smallest absolute Gasteiger partial charge is 0.127 e. The lowest BCUT2D eigenvalue weighted by Gasteiger charge is -2.31. The Morgan fingerprint density at radius 2 is 1.73 bits per heavy atom. The monoisotopic (exact) mass is 495 g/mol. The summed E-state index contributed by atoms with van der Waals surface area (Å²) in [7, 11) is 0. The third-order valence-corrected chi connectivity index (χ3v) is 8.01. The van der Waals surface area contributed by atoms with Crippen LogP contribution in [-0.4, -0.2) is 0 Å². The summed E-state index contributed by atoms with van der Waals surface area (Å²) >= 11 is 0. The highest BCUT2D eigenvalue weighted by Crippen LogP contribution is 2.49. The fourth-order valence-corrected chi connectivity index (χ4v) is 6.14. The van der Waals surface area contributed by atoms with Crippen molar-refractivity contribution in [2.24, 2.45) is 11.8 Å². The molecule has 0 aromatic heterocycles. The molecule has 1 unspecified atom stereocenters. The van der Waals surface area contributed by atoms with Crippen molar-refractivity contribution in [3.05, 3.63) is 136 Å². The van der Waals surface area contributed by atoms with Crippen LogP contribution in [0.15, 0.2) is 114 Å². The molecule has 3 nitrogen and oxygen atoms in total. The van der Waals surface area contributed by atoms with Gasteiger partial charge >= 0.3 is 0 Å². The minimum Gasteiger partial charge on any atom is -0.306 e. The van der Waals surface area contributed by atoms with E-state index in [0.29, 0.717) is 23.9 Å². The topological polar surface area (TPSA) is 27.3 Å². The van der Waals surface area contributed by atoms with Crippen molar-refractivity contribution >= 4 is 5.69 Å². The maximum atomic E-state index is 14.3. The van der Waals surface area contributed by atoms with E-state index in [1.54, 1.807) is 18.2 Å². The molecule has 0 saturated heterocycles. The quantitative estimate of drug-likeness (QED) is 0.359. The molecule has 0 saturated carbocycles. The second kappa shape index (κ2) is 9.98. The highest BCUT2D eigenvalue weighted by atomic mass is 19.1. The first-order valence-corrected chi connectivity index (χ1v) is 13.1. The molecule has 3 atom stereocenters. The molecular formula is C32H31F2N3. The first-order valence-electron chi connectivity index (χ1n) is 13.1. The van der Waals surface area contributed by atoms with Gasteiger partial charge in [-0.2, -0.15) is 0 Å². The van der Waals surface area contributed by atoms with Crippen LogP contribution in [0, 0.1) is 23.5 Å². The van der Waals surface area contributed by atoms with E-state index in [1.165, 1.54) is 40.5 Å². The van der Waals surface area contributed by atoms with Crippen LogP contribution in [0.5, 0.6) is 0 Å². The van der Waals surface area contributed by atoms with Crippen LogP contribution < -0.4 is 15.8 Å². The van der Waals surface area contributed by atoms with Crippen LogP contribution in [0.3, 0.4) is 0 Å². The molecule has 0 spiro atoms. The zero-order chi connectivity index (χ0) is 25.4. The van der Waals surface area contributed by atoms with Crippen molar-refractivity contribution in [2.75, 3.05) is 5.01 Å². The minimum atomic E-state index is -0.234. The number of hydrazine groups is 1. The molecule has 1 aliphatic heterocycles. The van der Waals surface area contributed by atoms with Crippen LogP contribution in [0.25, 0.3) is 0 Å². The lowest BCUT2D eigenvalue weighted by atomic mass is 9.78. The molecule has 0 fully saturated rings. The molecule has 3 aromatic carbocycles. The molecular weight excluding hydrogens is 464 g/mol. The van der Waals surface area contributed by atoms with Gasteiger partial charge in [0, 0.05) is 35.8 Å². The van der Waals surface area contributed by atoms with Gasteiger partial charge in [0.1, 0.15) is 11.6 Å². The van der Waals surface area contributed by atoms with E-state index >= 15 is 0 Å². The minimum absolute atomic E-state index is 0.127. The number of nitrogens with zero attached hydrogens (tertiary/aromatic N) is 1. The fourth-order valence-electron chi connectivity index (χ4n) is 6.14. The SMILES string of the molecule is C[C@H]1C2=CNN(c3ccc(F)cc3)C2=CC2=C1[C@@H](CC(NCc1ccccc1F)c1ccccc1)CC2. The molecule has 3 aliphatic rings. The molecule has 2 N–H and O–H groups in total. The van der Waals surface area contributed by atoms with Crippen molar-refractivity contribution in [3.63, 3.8) is 0 Å². The number of fused-ring (bicyclic) bond motifs is 1. The maximum Gasteiger partial charge on any atom is 0.127 e. The molecule has 1 heterocycles. The Bertz CT molecular complexity index is 1370. The summed E-state index contributed by atoms with van der Waals surface area (Å²) in [6.45, 7) is 2.79. The molecule has 0 amide bonds. The number of anilines is 1. The maximum absolute atomic E-state index is 14.3. The van der Waals surface area contributed by atoms with Crippen LogP contribution in [0.4, 0.5) is 14.5 Å². The molecule has 5 heteroatoms. The summed E-state index contributed by atoms with van der Waals surface area (Å²) in [5.41, 5.74) is 11.6. The van der Waals surface area contributed by atoms with Gasteiger partial charge in [-0.15, -0.1) is 0 Å². The highest BCUT2D eigenvalue weighted by Gasteiger charge is 2.38. The Morgan fingerprint density at radius 1 is 0.973 bits per heavy atom. The Kier molecular flexibility index (Phi) is 6.39. The molecule has 188 valence electrons. The molecule has 3 aromatic rings. The third-order valence-electron chi connectivity index (χ3n) is 8.01.